The van der Waals surface area contributed by atoms with Crippen molar-refractivity contribution in [2.45, 2.75) is 26.8 Å². The first-order valence-corrected chi connectivity index (χ1v) is 11.5. The van der Waals surface area contributed by atoms with E-state index in [2.05, 4.69) is 52.5 Å². The Labute approximate surface area is 195 Å². The summed E-state index contributed by atoms with van der Waals surface area (Å²) in [4.78, 5) is 30.1. The summed E-state index contributed by atoms with van der Waals surface area (Å²) < 4.78 is 5.37. The van der Waals surface area contributed by atoms with Gasteiger partial charge in [0.25, 0.3) is 0 Å². The van der Waals surface area contributed by atoms with Gasteiger partial charge in [-0.25, -0.2) is 9.59 Å². The van der Waals surface area contributed by atoms with Crippen molar-refractivity contribution in [3.8, 4) is 0 Å². The predicted molar refractivity (Wildman–Crippen MR) is 129 cm³/mol. The fraction of sp³-hybridized carbons (Fsp3) is 0.385. The van der Waals surface area contributed by atoms with Crippen LogP contribution < -0.4 is 15.5 Å². The molecule has 33 heavy (non-hydrogen) atoms. The average Bonchev–Trinajstić information content (AvgIpc) is 2.81. The van der Waals surface area contributed by atoms with Crippen molar-refractivity contribution >= 4 is 17.7 Å². The van der Waals surface area contributed by atoms with Gasteiger partial charge in [0, 0.05) is 44.1 Å². The Balaban J connectivity index is 1.55. The smallest absolute Gasteiger partial charge is 0.338 e. The Morgan fingerprint density at radius 2 is 1.79 bits per heavy atom. The maximum atomic E-state index is 12.9. The van der Waals surface area contributed by atoms with E-state index in [0.717, 1.165) is 31.7 Å². The number of benzene rings is 2. The summed E-state index contributed by atoms with van der Waals surface area (Å²) in [7, 11) is 0. The van der Waals surface area contributed by atoms with E-state index in [1.165, 1.54) is 16.8 Å². The third-order valence-corrected chi connectivity index (χ3v) is 6.24. The van der Waals surface area contributed by atoms with Gasteiger partial charge in [-0.1, -0.05) is 42.5 Å². The van der Waals surface area contributed by atoms with Crippen LogP contribution in [-0.2, 0) is 9.53 Å². The molecule has 2 aliphatic rings. The summed E-state index contributed by atoms with van der Waals surface area (Å²) in [6.07, 6.45) is 0. The number of hydrogen-bond acceptors (Lipinski definition) is 5. The summed E-state index contributed by atoms with van der Waals surface area (Å²) in [6, 6.07) is 15.2. The predicted octanol–water partition coefficient (Wildman–Crippen LogP) is 3.30. The Morgan fingerprint density at radius 1 is 1.06 bits per heavy atom. The van der Waals surface area contributed by atoms with Gasteiger partial charge in [-0.15, -0.1) is 0 Å². The molecule has 2 aromatic rings. The molecule has 1 atom stereocenters. The van der Waals surface area contributed by atoms with Crippen LogP contribution in [0.25, 0.3) is 0 Å². The molecule has 4 rings (SSSR count). The number of urea groups is 1. The number of esters is 1. The molecule has 0 unspecified atom stereocenters. The molecule has 2 amide bonds. The molecule has 174 valence electrons. The quantitative estimate of drug-likeness (QED) is 0.664. The molecule has 2 aliphatic heterocycles. The molecule has 2 N–H and O–H groups in total. The number of amides is 2. The maximum Gasteiger partial charge on any atom is 0.338 e. The van der Waals surface area contributed by atoms with E-state index in [9.17, 15) is 9.59 Å². The lowest BCUT2D eigenvalue weighted by Crippen LogP contribution is -2.52. The van der Waals surface area contributed by atoms with Crippen molar-refractivity contribution in [3.05, 3.63) is 76.5 Å². The van der Waals surface area contributed by atoms with E-state index in [-0.39, 0.29) is 12.6 Å². The van der Waals surface area contributed by atoms with Crippen LogP contribution >= 0.6 is 0 Å². The standard InChI is InChI=1S/C26H32N4O3/c1-4-33-25(31)23-21(27-26(32)28-24(23)20-8-6-5-7-9-20)17-29-12-14-30(15-13-29)22-16-18(2)10-11-19(22)3/h5-11,16,24H,4,12-15,17H2,1-3H3,(H2,27,28,32)/t24-/m1/s1. The highest BCUT2D eigenvalue weighted by Gasteiger charge is 2.34. The van der Waals surface area contributed by atoms with Crippen molar-refractivity contribution in [1.82, 2.24) is 15.5 Å². The number of carbonyl (C=O) groups excluding carboxylic acids is 2. The number of anilines is 1. The summed E-state index contributed by atoms with van der Waals surface area (Å²) in [6.45, 7) is 10.3. The second-order valence-corrected chi connectivity index (χ2v) is 8.61. The third kappa shape index (κ3) is 5.20. The van der Waals surface area contributed by atoms with E-state index in [4.69, 9.17) is 4.74 Å². The van der Waals surface area contributed by atoms with Crippen molar-refractivity contribution in [2.75, 3.05) is 44.2 Å². The molecule has 0 radical (unpaired) electrons. The Hall–Kier alpha value is -3.32. The molecule has 0 bridgehead atoms. The fourth-order valence-electron chi connectivity index (χ4n) is 4.52. The number of nitrogens with one attached hydrogen (secondary N) is 2. The Morgan fingerprint density at radius 3 is 2.48 bits per heavy atom. The summed E-state index contributed by atoms with van der Waals surface area (Å²) in [5.74, 6) is -0.400. The molecule has 2 heterocycles. The number of nitrogens with zero attached hydrogens (tertiary/aromatic N) is 2. The molecular formula is C26H32N4O3. The molecular weight excluding hydrogens is 416 g/mol. The number of rotatable bonds is 6. The van der Waals surface area contributed by atoms with Crippen LogP contribution in [0.2, 0.25) is 0 Å². The Kier molecular flexibility index (Phi) is 6.99. The molecule has 7 nitrogen and oxygen atoms in total. The number of aryl methyl sites for hydroxylation is 2. The van der Waals surface area contributed by atoms with Crippen molar-refractivity contribution in [1.29, 1.82) is 0 Å². The minimum absolute atomic E-state index is 0.277. The topological polar surface area (TPSA) is 73.9 Å². The summed E-state index contributed by atoms with van der Waals surface area (Å²) in [5.41, 5.74) is 5.75. The SMILES string of the molecule is CCOC(=O)C1=C(CN2CCN(c3cc(C)ccc3C)CC2)NC(=O)N[C@@H]1c1ccccc1. The van der Waals surface area contributed by atoms with Gasteiger partial charge in [0.1, 0.15) is 0 Å². The minimum atomic E-state index is -0.537. The van der Waals surface area contributed by atoms with E-state index < -0.39 is 12.0 Å². The lowest BCUT2D eigenvalue weighted by Gasteiger charge is -2.38. The van der Waals surface area contributed by atoms with Gasteiger partial charge in [-0.2, -0.15) is 0 Å². The van der Waals surface area contributed by atoms with Crippen LogP contribution in [0.4, 0.5) is 10.5 Å². The van der Waals surface area contributed by atoms with Crippen LogP contribution in [0.3, 0.4) is 0 Å². The van der Waals surface area contributed by atoms with Crippen LogP contribution in [0, 0.1) is 13.8 Å². The van der Waals surface area contributed by atoms with Crippen molar-refractivity contribution in [3.63, 3.8) is 0 Å². The first kappa shape index (κ1) is 22.9. The number of piperazine rings is 1. The third-order valence-electron chi connectivity index (χ3n) is 6.24. The normalized spacial score (nSPS) is 19.2. The van der Waals surface area contributed by atoms with Crippen molar-refractivity contribution < 1.29 is 14.3 Å². The monoisotopic (exact) mass is 448 g/mol. The lowest BCUT2D eigenvalue weighted by molar-refractivity contribution is -0.139. The molecule has 0 aromatic heterocycles. The van der Waals surface area contributed by atoms with E-state index in [1.807, 2.05) is 30.3 Å². The van der Waals surface area contributed by atoms with Gasteiger partial charge >= 0.3 is 12.0 Å². The Bertz CT molecular complexity index is 1040. The molecule has 0 aliphatic carbocycles. The number of hydrogen-bond donors (Lipinski definition) is 2. The zero-order chi connectivity index (χ0) is 23.4. The van der Waals surface area contributed by atoms with E-state index >= 15 is 0 Å². The average molecular weight is 449 g/mol. The van der Waals surface area contributed by atoms with Gasteiger partial charge in [0.2, 0.25) is 0 Å². The van der Waals surface area contributed by atoms with Gasteiger partial charge in [-0.05, 0) is 43.5 Å². The van der Waals surface area contributed by atoms with Crippen LogP contribution in [0.15, 0.2) is 59.8 Å². The van der Waals surface area contributed by atoms with E-state index in [1.54, 1.807) is 6.92 Å². The highest BCUT2D eigenvalue weighted by Crippen LogP contribution is 2.29. The first-order valence-electron chi connectivity index (χ1n) is 11.5. The highest BCUT2D eigenvalue weighted by atomic mass is 16.5. The largest absolute Gasteiger partial charge is 0.463 e. The minimum Gasteiger partial charge on any atom is -0.463 e. The van der Waals surface area contributed by atoms with Gasteiger partial charge in [-0.3, -0.25) is 4.90 Å². The fourth-order valence-corrected chi connectivity index (χ4v) is 4.52. The second kappa shape index (κ2) is 10.1. The van der Waals surface area contributed by atoms with Gasteiger partial charge in [0.15, 0.2) is 0 Å². The van der Waals surface area contributed by atoms with Crippen LogP contribution in [0.1, 0.15) is 29.7 Å². The van der Waals surface area contributed by atoms with Crippen molar-refractivity contribution in [2.24, 2.45) is 0 Å². The highest BCUT2D eigenvalue weighted by molar-refractivity contribution is 5.95. The van der Waals surface area contributed by atoms with E-state index in [0.29, 0.717) is 17.8 Å². The second-order valence-electron chi connectivity index (χ2n) is 8.61. The number of ether oxygens (including phenoxy) is 1. The molecule has 1 fully saturated rings. The molecule has 1 saturated heterocycles. The molecule has 7 heteroatoms. The van der Waals surface area contributed by atoms with Crippen LogP contribution in [-0.4, -0.2) is 56.2 Å². The van der Waals surface area contributed by atoms with Gasteiger partial charge in [0.05, 0.1) is 18.2 Å². The van der Waals surface area contributed by atoms with Crippen LogP contribution in [0.5, 0.6) is 0 Å². The van der Waals surface area contributed by atoms with Gasteiger partial charge < -0.3 is 20.3 Å². The zero-order valence-corrected chi connectivity index (χ0v) is 19.6. The lowest BCUT2D eigenvalue weighted by atomic mass is 9.95. The first-order chi connectivity index (χ1) is 16.0. The molecule has 0 saturated carbocycles. The summed E-state index contributed by atoms with van der Waals surface area (Å²) in [5, 5.41) is 5.78. The molecule has 2 aromatic carbocycles. The molecule has 0 spiro atoms. The zero-order valence-electron chi connectivity index (χ0n) is 19.6. The summed E-state index contributed by atoms with van der Waals surface area (Å²) >= 11 is 0. The maximum absolute atomic E-state index is 12.9. The number of carbonyl (C=O) groups is 2.